The minimum Gasteiger partial charge on any atom is -0.265 e. The van der Waals surface area contributed by atoms with Gasteiger partial charge in [0.05, 0.1) is 11.7 Å². The Balaban J connectivity index is 2.75. The van der Waals surface area contributed by atoms with Gasteiger partial charge < -0.3 is 0 Å². The zero-order valence-electron chi connectivity index (χ0n) is 7.29. The van der Waals surface area contributed by atoms with E-state index in [1.54, 1.807) is 0 Å². The van der Waals surface area contributed by atoms with Gasteiger partial charge in [0.2, 0.25) is 0 Å². The Bertz CT molecular complexity index is 179. The largest absolute Gasteiger partial charge is 0.305 e. The molecule has 1 rings (SSSR count). The second kappa shape index (κ2) is 2.84. The molecule has 66 valence electrons. The highest BCUT2D eigenvalue weighted by Crippen LogP contribution is 2.31. The molecule has 3 atom stereocenters. The van der Waals surface area contributed by atoms with Crippen LogP contribution in [0.4, 0.5) is 0 Å². The zero-order chi connectivity index (χ0) is 8.65. The molecule has 0 aliphatic carbocycles. The molecule has 0 saturated carbocycles. The van der Waals surface area contributed by atoms with Crippen LogP contribution in [0.3, 0.4) is 0 Å². The molecular weight excluding hydrogens is 164 g/mol. The first-order valence-electron chi connectivity index (χ1n) is 3.72. The van der Waals surface area contributed by atoms with Gasteiger partial charge in [-0.15, -0.1) is 0 Å². The molecule has 4 heteroatoms. The molecule has 1 aliphatic rings. The Hall–Kier alpha value is 0.0700. The third-order valence-corrected chi connectivity index (χ3v) is 3.34. The highest BCUT2D eigenvalue weighted by atomic mass is 32.2. The van der Waals surface area contributed by atoms with Crippen LogP contribution >= 0.6 is 0 Å². The van der Waals surface area contributed by atoms with Gasteiger partial charge in [-0.3, -0.25) is 8.37 Å². The molecule has 0 spiro atoms. The molecule has 1 fully saturated rings. The van der Waals surface area contributed by atoms with Crippen molar-refractivity contribution < 1.29 is 12.6 Å². The second-order valence-electron chi connectivity index (χ2n) is 3.48. The Morgan fingerprint density at radius 2 is 1.91 bits per heavy atom. The minimum absolute atomic E-state index is 0.000386. The van der Waals surface area contributed by atoms with E-state index in [-0.39, 0.29) is 17.6 Å². The van der Waals surface area contributed by atoms with E-state index in [0.717, 1.165) is 0 Å². The lowest BCUT2D eigenvalue weighted by Gasteiger charge is -2.38. The standard InChI is InChI=1S/C7H14O3S/c1-5-6(2)9-11(8)10-7(5,3)4/h5-6H,1-4H3/t5-,6+,11-/m1/s1. The van der Waals surface area contributed by atoms with E-state index < -0.39 is 11.4 Å². The number of hydrogen-bond donors (Lipinski definition) is 0. The van der Waals surface area contributed by atoms with Crippen molar-refractivity contribution in [1.82, 2.24) is 0 Å². The molecule has 3 nitrogen and oxygen atoms in total. The lowest BCUT2D eigenvalue weighted by Crippen LogP contribution is -2.45. The van der Waals surface area contributed by atoms with Crippen LogP contribution in [0.5, 0.6) is 0 Å². The van der Waals surface area contributed by atoms with Crippen LogP contribution in [0, 0.1) is 5.92 Å². The summed E-state index contributed by atoms with van der Waals surface area (Å²) in [5.41, 5.74) is -0.345. The molecule has 0 aromatic rings. The summed E-state index contributed by atoms with van der Waals surface area (Å²) in [4.78, 5) is 0. The second-order valence-corrected chi connectivity index (χ2v) is 4.25. The summed E-state index contributed by atoms with van der Waals surface area (Å²) in [5, 5.41) is 0. The fourth-order valence-electron chi connectivity index (χ4n) is 1.04. The lowest BCUT2D eigenvalue weighted by atomic mass is 9.89. The van der Waals surface area contributed by atoms with Crippen LogP contribution in [0.25, 0.3) is 0 Å². The van der Waals surface area contributed by atoms with Gasteiger partial charge in [0.15, 0.2) is 0 Å². The van der Waals surface area contributed by atoms with E-state index in [4.69, 9.17) is 8.37 Å². The van der Waals surface area contributed by atoms with Gasteiger partial charge in [-0.2, -0.15) is 4.21 Å². The Kier molecular flexibility index (Phi) is 2.37. The monoisotopic (exact) mass is 178 g/mol. The predicted octanol–water partition coefficient (Wildman–Crippen LogP) is 1.42. The maximum Gasteiger partial charge on any atom is 0.305 e. The third-order valence-electron chi connectivity index (χ3n) is 2.31. The molecule has 1 saturated heterocycles. The van der Waals surface area contributed by atoms with Crippen molar-refractivity contribution in [1.29, 1.82) is 0 Å². The quantitative estimate of drug-likeness (QED) is 0.562. The van der Waals surface area contributed by atoms with E-state index >= 15 is 0 Å². The summed E-state index contributed by atoms with van der Waals surface area (Å²) >= 11 is -1.56. The third kappa shape index (κ3) is 1.80. The topological polar surface area (TPSA) is 35.5 Å². The smallest absolute Gasteiger partial charge is 0.265 e. The average molecular weight is 178 g/mol. The SMILES string of the molecule is C[C@@H]1O[S@@](=O)OC(C)(C)[C@@H]1C. The van der Waals surface area contributed by atoms with Gasteiger partial charge in [-0.05, 0) is 20.8 Å². The molecule has 0 radical (unpaired) electrons. The predicted molar refractivity (Wildman–Crippen MR) is 43.0 cm³/mol. The summed E-state index contributed by atoms with van der Waals surface area (Å²) in [5.74, 6) is 0.264. The maximum absolute atomic E-state index is 10.9. The molecular formula is C7H14O3S. The van der Waals surface area contributed by atoms with Crippen LogP contribution in [0.1, 0.15) is 27.7 Å². The summed E-state index contributed by atoms with van der Waals surface area (Å²) in [6.45, 7) is 7.79. The molecule has 1 heterocycles. The van der Waals surface area contributed by atoms with Gasteiger partial charge >= 0.3 is 11.4 Å². The number of hydrogen-bond acceptors (Lipinski definition) is 3. The molecule has 0 aromatic carbocycles. The van der Waals surface area contributed by atoms with E-state index in [0.29, 0.717) is 0 Å². The van der Waals surface area contributed by atoms with E-state index in [2.05, 4.69) is 0 Å². The number of rotatable bonds is 0. The van der Waals surface area contributed by atoms with Crippen LogP contribution in [-0.4, -0.2) is 15.9 Å². The van der Waals surface area contributed by atoms with Gasteiger partial charge in [-0.25, -0.2) is 0 Å². The molecule has 11 heavy (non-hydrogen) atoms. The first kappa shape index (κ1) is 9.16. The highest BCUT2D eigenvalue weighted by Gasteiger charge is 2.39. The maximum atomic E-state index is 10.9. The summed E-state index contributed by atoms with van der Waals surface area (Å²) in [6.07, 6.45) is -0.000386. The first-order valence-corrected chi connectivity index (χ1v) is 4.72. The van der Waals surface area contributed by atoms with E-state index in [9.17, 15) is 4.21 Å². The molecule has 0 N–H and O–H groups in total. The van der Waals surface area contributed by atoms with Gasteiger partial charge in [-0.1, -0.05) is 6.92 Å². The van der Waals surface area contributed by atoms with Crippen molar-refractivity contribution in [3.63, 3.8) is 0 Å². The van der Waals surface area contributed by atoms with Crippen LogP contribution in [0.15, 0.2) is 0 Å². The molecule has 0 amide bonds. The first-order chi connectivity index (χ1) is 4.93. The van der Waals surface area contributed by atoms with Crippen molar-refractivity contribution in [2.24, 2.45) is 5.92 Å². The van der Waals surface area contributed by atoms with E-state index in [1.165, 1.54) is 0 Å². The molecule has 1 aliphatic heterocycles. The lowest BCUT2D eigenvalue weighted by molar-refractivity contribution is -0.0425. The Morgan fingerprint density at radius 1 is 1.36 bits per heavy atom. The summed E-state index contributed by atoms with van der Waals surface area (Å²) in [7, 11) is 0. The van der Waals surface area contributed by atoms with Gasteiger partial charge in [0.1, 0.15) is 0 Å². The van der Waals surface area contributed by atoms with Crippen LogP contribution in [-0.2, 0) is 19.7 Å². The highest BCUT2D eigenvalue weighted by molar-refractivity contribution is 7.75. The minimum atomic E-state index is -1.56. The van der Waals surface area contributed by atoms with Crippen LogP contribution < -0.4 is 0 Å². The average Bonchev–Trinajstić information content (AvgIpc) is 1.81. The molecule has 0 bridgehead atoms. The van der Waals surface area contributed by atoms with Crippen molar-refractivity contribution in [2.75, 3.05) is 0 Å². The summed E-state index contributed by atoms with van der Waals surface area (Å²) < 4.78 is 21.0. The normalized spacial score (nSPS) is 43.8. The van der Waals surface area contributed by atoms with Crippen molar-refractivity contribution in [2.45, 2.75) is 39.4 Å². The van der Waals surface area contributed by atoms with Crippen molar-refractivity contribution >= 4 is 11.4 Å². The summed E-state index contributed by atoms with van der Waals surface area (Å²) in [6, 6.07) is 0. The fraction of sp³-hybridized carbons (Fsp3) is 1.00. The van der Waals surface area contributed by atoms with Crippen LogP contribution in [0.2, 0.25) is 0 Å². The van der Waals surface area contributed by atoms with Gasteiger partial charge in [0.25, 0.3) is 0 Å². The van der Waals surface area contributed by atoms with Crippen molar-refractivity contribution in [3.8, 4) is 0 Å². The molecule has 0 aromatic heterocycles. The van der Waals surface area contributed by atoms with Gasteiger partial charge in [0, 0.05) is 5.92 Å². The van der Waals surface area contributed by atoms with Crippen molar-refractivity contribution in [3.05, 3.63) is 0 Å². The Labute approximate surface area is 69.9 Å². The Morgan fingerprint density at radius 3 is 2.36 bits per heavy atom. The fourth-order valence-corrected chi connectivity index (χ4v) is 2.00. The van der Waals surface area contributed by atoms with E-state index in [1.807, 2.05) is 27.7 Å². The zero-order valence-corrected chi connectivity index (χ0v) is 8.10. The molecule has 0 unspecified atom stereocenters.